The minimum atomic E-state index is 0.0285. The average molecular weight is 363 g/mol. The van der Waals surface area contributed by atoms with Crippen LogP contribution in [0.1, 0.15) is 5.56 Å². The third-order valence-corrected chi connectivity index (χ3v) is 4.93. The fourth-order valence-corrected chi connectivity index (χ4v) is 3.60. The molecule has 0 amide bonds. The summed E-state index contributed by atoms with van der Waals surface area (Å²) >= 11 is 0. The summed E-state index contributed by atoms with van der Waals surface area (Å²) in [7, 11) is 0. The summed E-state index contributed by atoms with van der Waals surface area (Å²) < 4.78 is 1.99. The number of aromatic nitrogens is 3. The van der Waals surface area contributed by atoms with Gasteiger partial charge in [-0.1, -0.05) is 48.5 Å². The van der Waals surface area contributed by atoms with Crippen molar-refractivity contribution < 1.29 is 0 Å². The Morgan fingerprint density at radius 3 is 2.43 bits per heavy atom. The van der Waals surface area contributed by atoms with Gasteiger partial charge in [0, 0.05) is 10.9 Å². The molecule has 0 radical (unpaired) electrons. The van der Waals surface area contributed by atoms with Crippen molar-refractivity contribution >= 4 is 27.8 Å². The Kier molecular flexibility index (Phi) is 3.66. The topological polar surface area (TPSA) is 80.6 Å². The number of benzene rings is 3. The van der Waals surface area contributed by atoms with Crippen molar-refractivity contribution in [1.82, 2.24) is 14.5 Å². The molecule has 0 saturated carbocycles. The molecule has 5 rings (SSSR count). The number of nitrogen functional groups attached to an aromatic ring is 1. The maximum Gasteiger partial charge on any atom is 0.124 e. The predicted molar refractivity (Wildman–Crippen MR) is 113 cm³/mol. The molecule has 134 valence electrons. The lowest BCUT2D eigenvalue weighted by Crippen LogP contribution is -2.14. The summed E-state index contributed by atoms with van der Waals surface area (Å²) in [4.78, 5) is 9.10. The standard InChI is InChI=1S/C23H17N5/c24-23(25)17-8-4-5-9-21(17)28-14-27-20-13-26-19-11-10-16(12-18(19)22(20)28)15-6-2-1-3-7-15/h1-14H,(H3,24,25). The molecule has 0 unspecified atom stereocenters. The number of rotatable bonds is 3. The van der Waals surface area contributed by atoms with Crippen LogP contribution in [0.5, 0.6) is 0 Å². The highest BCUT2D eigenvalue weighted by molar-refractivity contribution is 6.05. The van der Waals surface area contributed by atoms with Crippen LogP contribution in [0.15, 0.2) is 85.3 Å². The minimum absolute atomic E-state index is 0.0285. The first kappa shape index (κ1) is 16.2. The number of fused-ring (bicyclic) bond motifs is 3. The van der Waals surface area contributed by atoms with Gasteiger partial charge in [0.25, 0.3) is 0 Å². The molecule has 5 nitrogen and oxygen atoms in total. The smallest absolute Gasteiger partial charge is 0.124 e. The second-order valence-electron chi connectivity index (χ2n) is 6.64. The molecule has 2 heterocycles. The zero-order valence-electron chi connectivity index (χ0n) is 15.0. The van der Waals surface area contributed by atoms with Crippen molar-refractivity contribution in [3.8, 4) is 16.8 Å². The van der Waals surface area contributed by atoms with Crippen molar-refractivity contribution in [1.29, 1.82) is 5.41 Å². The van der Waals surface area contributed by atoms with Gasteiger partial charge in [-0.15, -0.1) is 0 Å². The number of nitrogens with zero attached hydrogens (tertiary/aromatic N) is 3. The molecule has 0 aliphatic rings. The Morgan fingerprint density at radius 2 is 1.61 bits per heavy atom. The maximum atomic E-state index is 7.93. The molecule has 0 aliphatic carbocycles. The summed E-state index contributed by atoms with van der Waals surface area (Å²) in [5, 5.41) is 8.94. The van der Waals surface area contributed by atoms with Crippen LogP contribution in [0, 0.1) is 5.41 Å². The van der Waals surface area contributed by atoms with Gasteiger partial charge in [0.05, 0.1) is 22.9 Å². The summed E-state index contributed by atoms with van der Waals surface area (Å²) in [5.74, 6) is 0.0285. The number of hydrogen-bond donors (Lipinski definition) is 2. The van der Waals surface area contributed by atoms with Crippen LogP contribution in [0.25, 0.3) is 38.8 Å². The Bertz CT molecular complexity index is 1340. The molecule has 28 heavy (non-hydrogen) atoms. The van der Waals surface area contributed by atoms with Crippen molar-refractivity contribution in [3.63, 3.8) is 0 Å². The molecule has 0 aliphatic heterocycles. The van der Waals surface area contributed by atoms with E-state index >= 15 is 0 Å². The molecule has 0 bridgehead atoms. The normalized spacial score (nSPS) is 11.1. The highest BCUT2D eigenvalue weighted by atomic mass is 15.1. The first-order chi connectivity index (χ1) is 13.7. The van der Waals surface area contributed by atoms with Crippen LogP contribution < -0.4 is 5.73 Å². The van der Waals surface area contributed by atoms with Crippen molar-refractivity contribution in [2.45, 2.75) is 0 Å². The Labute approximate surface area is 161 Å². The molecule has 2 aromatic heterocycles. The second-order valence-corrected chi connectivity index (χ2v) is 6.64. The fraction of sp³-hybridized carbons (Fsp3) is 0. The minimum Gasteiger partial charge on any atom is -0.384 e. The molecule has 3 N–H and O–H groups in total. The Morgan fingerprint density at radius 1 is 0.821 bits per heavy atom. The average Bonchev–Trinajstić information content (AvgIpc) is 3.18. The quantitative estimate of drug-likeness (QED) is 0.365. The lowest BCUT2D eigenvalue weighted by molar-refractivity contribution is 1.09. The van der Waals surface area contributed by atoms with Crippen LogP contribution in [-0.4, -0.2) is 20.4 Å². The molecule has 0 spiro atoms. The Balaban J connectivity index is 1.83. The van der Waals surface area contributed by atoms with E-state index in [1.807, 2.05) is 53.1 Å². The highest BCUT2D eigenvalue weighted by Crippen LogP contribution is 2.30. The van der Waals surface area contributed by atoms with Gasteiger partial charge in [0.2, 0.25) is 0 Å². The van der Waals surface area contributed by atoms with Crippen LogP contribution in [-0.2, 0) is 0 Å². The number of nitrogens with one attached hydrogen (secondary N) is 1. The van der Waals surface area contributed by atoms with E-state index < -0.39 is 0 Å². The number of imidazole rings is 1. The summed E-state index contributed by atoms with van der Waals surface area (Å²) in [6.45, 7) is 0. The van der Waals surface area contributed by atoms with E-state index in [1.165, 1.54) is 0 Å². The number of pyridine rings is 1. The lowest BCUT2D eigenvalue weighted by Gasteiger charge is -2.12. The van der Waals surface area contributed by atoms with Crippen LogP contribution in [0.2, 0.25) is 0 Å². The molecular formula is C23H17N5. The van der Waals surface area contributed by atoms with E-state index in [2.05, 4.69) is 34.2 Å². The molecule has 3 aromatic carbocycles. The van der Waals surface area contributed by atoms with E-state index in [4.69, 9.17) is 11.1 Å². The highest BCUT2D eigenvalue weighted by Gasteiger charge is 2.14. The van der Waals surface area contributed by atoms with Crippen LogP contribution in [0.3, 0.4) is 0 Å². The van der Waals surface area contributed by atoms with E-state index in [-0.39, 0.29) is 5.84 Å². The zero-order valence-corrected chi connectivity index (χ0v) is 15.0. The van der Waals surface area contributed by atoms with Gasteiger partial charge in [-0.2, -0.15) is 0 Å². The number of nitrogens with two attached hydrogens (primary N) is 1. The van der Waals surface area contributed by atoms with Crippen molar-refractivity contribution in [2.75, 3.05) is 0 Å². The number of hydrogen-bond acceptors (Lipinski definition) is 3. The van der Waals surface area contributed by atoms with Gasteiger partial charge in [-0.25, -0.2) is 4.98 Å². The summed E-state index contributed by atoms with van der Waals surface area (Å²) in [6.07, 6.45) is 3.55. The largest absolute Gasteiger partial charge is 0.384 e. The third kappa shape index (κ3) is 2.53. The van der Waals surface area contributed by atoms with Gasteiger partial charge in [-0.3, -0.25) is 15.0 Å². The molecule has 0 saturated heterocycles. The zero-order chi connectivity index (χ0) is 19.1. The van der Waals surface area contributed by atoms with E-state index in [1.54, 1.807) is 12.5 Å². The SMILES string of the molecule is N=C(N)c1ccccc1-n1cnc2cnc3ccc(-c4ccccc4)cc3c21. The predicted octanol–water partition coefficient (Wildman–Crippen LogP) is 4.52. The molecule has 5 aromatic rings. The Hall–Kier alpha value is -3.99. The molecular weight excluding hydrogens is 346 g/mol. The molecule has 0 atom stereocenters. The van der Waals surface area contributed by atoms with E-state index in [0.717, 1.165) is 38.8 Å². The lowest BCUT2D eigenvalue weighted by atomic mass is 10.0. The van der Waals surface area contributed by atoms with Gasteiger partial charge in [0.15, 0.2) is 0 Å². The van der Waals surface area contributed by atoms with Crippen molar-refractivity contribution in [2.24, 2.45) is 5.73 Å². The summed E-state index contributed by atoms with van der Waals surface area (Å²) in [6, 6.07) is 24.1. The van der Waals surface area contributed by atoms with Gasteiger partial charge >= 0.3 is 0 Å². The second kappa shape index (κ2) is 6.32. The number of amidine groups is 1. The fourth-order valence-electron chi connectivity index (χ4n) is 3.60. The van der Waals surface area contributed by atoms with E-state index in [9.17, 15) is 0 Å². The first-order valence-corrected chi connectivity index (χ1v) is 8.97. The molecule has 5 heteroatoms. The van der Waals surface area contributed by atoms with Crippen LogP contribution >= 0.6 is 0 Å². The van der Waals surface area contributed by atoms with E-state index in [0.29, 0.717) is 5.56 Å². The molecule has 0 fully saturated rings. The van der Waals surface area contributed by atoms with Crippen molar-refractivity contribution in [3.05, 3.63) is 90.9 Å². The number of para-hydroxylation sites is 1. The maximum absolute atomic E-state index is 7.93. The van der Waals surface area contributed by atoms with Gasteiger partial charge in [-0.05, 0) is 35.4 Å². The first-order valence-electron chi connectivity index (χ1n) is 8.97. The van der Waals surface area contributed by atoms with Crippen LogP contribution in [0.4, 0.5) is 0 Å². The van der Waals surface area contributed by atoms with Gasteiger partial charge in [0.1, 0.15) is 17.7 Å². The third-order valence-electron chi connectivity index (χ3n) is 4.93. The summed E-state index contributed by atoms with van der Waals surface area (Å²) in [5.41, 5.74) is 12.2. The monoisotopic (exact) mass is 363 g/mol. The van der Waals surface area contributed by atoms with Gasteiger partial charge < -0.3 is 5.73 Å².